The van der Waals surface area contributed by atoms with E-state index in [2.05, 4.69) is 22.3 Å². The first kappa shape index (κ1) is 16.7. The molecule has 0 spiro atoms. The average Bonchev–Trinajstić information content (AvgIpc) is 2.63. The SMILES string of the molecule is CN(Cc1ccccc1)c1ccc(NC(=O)c2ccccc2F)cc1. The number of nitrogens with zero attached hydrogens (tertiary/aromatic N) is 1. The fraction of sp³-hybridized carbons (Fsp3) is 0.0952. The molecular weight excluding hydrogens is 315 g/mol. The Morgan fingerprint density at radius 1 is 0.920 bits per heavy atom. The van der Waals surface area contributed by atoms with Crippen LogP contribution in [0, 0.1) is 5.82 Å². The minimum atomic E-state index is -0.529. The first-order chi connectivity index (χ1) is 12.1. The number of benzene rings is 3. The van der Waals surface area contributed by atoms with Gasteiger partial charge < -0.3 is 10.2 Å². The highest BCUT2D eigenvalue weighted by molar-refractivity contribution is 6.04. The van der Waals surface area contributed by atoms with Crippen LogP contribution < -0.4 is 10.2 Å². The molecule has 0 fully saturated rings. The van der Waals surface area contributed by atoms with Crippen LogP contribution in [0.2, 0.25) is 0 Å². The molecule has 1 amide bonds. The average molecular weight is 334 g/mol. The third-order valence-corrected chi connectivity index (χ3v) is 3.95. The smallest absolute Gasteiger partial charge is 0.258 e. The molecule has 3 aromatic rings. The van der Waals surface area contributed by atoms with E-state index in [1.54, 1.807) is 12.1 Å². The summed E-state index contributed by atoms with van der Waals surface area (Å²) in [6.45, 7) is 0.793. The Kier molecular flexibility index (Phi) is 5.09. The molecular formula is C21H19FN2O. The second-order valence-corrected chi connectivity index (χ2v) is 5.82. The Labute approximate surface area is 146 Å². The molecule has 3 rings (SSSR count). The van der Waals surface area contributed by atoms with Gasteiger partial charge in [0.1, 0.15) is 5.82 Å². The number of rotatable bonds is 5. The maximum atomic E-state index is 13.7. The van der Waals surface area contributed by atoms with E-state index in [0.717, 1.165) is 12.2 Å². The number of amides is 1. The summed E-state index contributed by atoms with van der Waals surface area (Å²) in [5, 5.41) is 2.72. The van der Waals surface area contributed by atoms with Gasteiger partial charge in [0.05, 0.1) is 5.56 Å². The Bertz CT molecular complexity index is 847. The number of hydrogen-bond donors (Lipinski definition) is 1. The second-order valence-electron chi connectivity index (χ2n) is 5.82. The minimum absolute atomic E-state index is 0.0350. The minimum Gasteiger partial charge on any atom is -0.370 e. The summed E-state index contributed by atoms with van der Waals surface area (Å²) in [6, 6.07) is 23.6. The van der Waals surface area contributed by atoms with E-state index in [1.165, 1.54) is 17.7 Å². The third-order valence-electron chi connectivity index (χ3n) is 3.95. The van der Waals surface area contributed by atoms with Gasteiger partial charge in [-0.3, -0.25) is 4.79 Å². The van der Waals surface area contributed by atoms with Crippen molar-refractivity contribution in [1.82, 2.24) is 0 Å². The molecule has 25 heavy (non-hydrogen) atoms. The Hall–Kier alpha value is -3.14. The quantitative estimate of drug-likeness (QED) is 0.732. The van der Waals surface area contributed by atoms with Crippen LogP contribution in [0.4, 0.5) is 15.8 Å². The molecule has 0 unspecified atom stereocenters. The van der Waals surface area contributed by atoms with Crippen molar-refractivity contribution in [2.45, 2.75) is 6.54 Å². The Morgan fingerprint density at radius 2 is 1.56 bits per heavy atom. The predicted octanol–water partition coefficient (Wildman–Crippen LogP) is 4.71. The van der Waals surface area contributed by atoms with E-state index in [0.29, 0.717) is 5.69 Å². The molecule has 3 nitrogen and oxygen atoms in total. The van der Waals surface area contributed by atoms with Crippen molar-refractivity contribution in [2.24, 2.45) is 0 Å². The highest BCUT2D eigenvalue weighted by Gasteiger charge is 2.11. The van der Waals surface area contributed by atoms with E-state index >= 15 is 0 Å². The van der Waals surface area contributed by atoms with Gasteiger partial charge in [0.25, 0.3) is 5.91 Å². The lowest BCUT2D eigenvalue weighted by atomic mass is 10.2. The summed E-state index contributed by atoms with van der Waals surface area (Å²) in [6.07, 6.45) is 0. The van der Waals surface area contributed by atoms with Crippen LogP contribution >= 0.6 is 0 Å². The van der Waals surface area contributed by atoms with Crippen LogP contribution in [0.5, 0.6) is 0 Å². The molecule has 0 heterocycles. The molecule has 0 aliphatic carbocycles. The fourth-order valence-corrected chi connectivity index (χ4v) is 2.59. The molecule has 3 aromatic carbocycles. The van der Waals surface area contributed by atoms with E-state index in [-0.39, 0.29) is 5.56 Å². The number of anilines is 2. The number of hydrogen-bond acceptors (Lipinski definition) is 2. The summed E-state index contributed by atoms with van der Waals surface area (Å²) in [7, 11) is 2.01. The van der Waals surface area contributed by atoms with Gasteiger partial charge in [0.15, 0.2) is 0 Å². The molecule has 0 bridgehead atoms. The van der Waals surface area contributed by atoms with E-state index < -0.39 is 11.7 Å². The second kappa shape index (κ2) is 7.62. The van der Waals surface area contributed by atoms with Crippen molar-refractivity contribution < 1.29 is 9.18 Å². The summed E-state index contributed by atoms with van der Waals surface area (Å²) < 4.78 is 13.7. The van der Waals surface area contributed by atoms with E-state index in [4.69, 9.17) is 0 Å². The van der Waals surface area contributed by atoms with Gasteiger partial charge >= 0.3 is 0 Å². The van der Waals surface area contributed by atoms with Gasteiger partial charge in [-0.15, -0.1) is 0 Å². The summed E-state index contributed by atoms with van der Waals surface area (Å²) in [5.74, 6) is -0.984. The lowest BCUT2D eigenvalue weighted by Gasteiger charge is -2.20. The highest BCUT2D eigenvalue weighted by Crippen LogP contribution is 2.19. The van der Waals surface area contributed by atoms with Gasteiger partial charge in [-0.2, -0.15) is 0 Å². The predicted molar refractivity (Wildman–Crippen MR) is 99.3 cm³/mol. The van der Waals surface area contributed by atoms with Gasteiger partial charge in [0, 0.05) is 25.0 Å². The number of carbonyl (C=O) groups is 1. The lowest BCUT2D eigenvalue weighted by Crippen LogP contribution is -2.16. The number of halogens is 1. The standard InChI is InChI=1S/C21H19FN2O/c1-24(15-16-7-3-2-4-8-16)18-13-11-17(12-14-18)23-21(25)19-9-5-6-10-20(19)22/h2-14H,15H2,1H3,(H,23,25). The van der Waals surface area contributed by atoms with Crippen LogP contribution in [0.15, 0.2) is 78.9 Å². The largest absolute Gasteiger partial charge is 0.370 e. The molecule has 0 aliphatic heterocycles. The Balaban J connectivity index is 1.66. The van der Waals surface area contributed by atoms with Crippen molar-refractivity contribution in [3.05, 3.63) is 95.8 Å². The zero-order valence-electron chi connectivity index (χ0n) is 13.9. The molecule has 0 saturated carbocycles. The summed E-state index contributed by atoms with van der Waals surface area (Å²) in [4.78, 5) is 14.3. The summed E-state index contributed by atoms with van der Waals surface area (Å²) >= 11 is 0. The zero-order chi connectivity index (χ0) is 17.6. The zero-order valence-corrected chi connectivity index (χ0v) is 13.9. The van der Waals surface area contributed by atoms with E-state index in [1.807, 2.05) is 49.5 Å². The monoisotopic (exact) mass is 334 g/mol. The topological polar surface area (TPSA) is 32.3 Å². The molecule has 4 heteroatoms. The van der Waals surface area contributed by atoms with Crippen LogP contribution in [0.3, 0.4) is 0 Å². The van der Waals surface area contributed by atoms with Crippen molar-refractivity contribution in [1.29, 1.82) is 0 Å². The maximum Gasteiger partial charge on any atom is 0.258 e. The molecule has 0 aliphatic rings. The normalized spacial score (nSPS) is 10.3. The van der Waals surface area contributed by atoms with Crippen LogP contribution in [0.25, 0.3) is 0 Å². The van der Waals surface area contributed by atoms with Crippen molar-refractivity contribution >= 4 is 17.3 Å². The van der Waals surface area contributed by atoms with Gasteiger partial charge in [-0.1, -0.05) is 42.5 Å². The fourth-order valence-electron chi connectivity index (χ4n) is 2.59. The first-order valence-corrected chi connectivity index (χ1v) is 8.04. The van der Waals surface area contributed by atoms with Crippen LogP contribution in [-0.2, 0) is 6.54 Å². The molecule has 0 radical (unpaired) electrons. The highest BCUT2D eigenvalue weighted by atomic mass is 19.1. The molecule has 1 N–H and O–H groups in total. The van der Waals surface area contributed by atoms with Crippen LogP contribution in [-0.4, -0.2) is 13.0 Å². The van der Waals surface area contributed by atoms with Crippen molar-refractivity contribution in [2.75, 3.05) is 17.3 Å². The van der Waals surface area contributed by atoms with Crippen molar-refractivity contribution in [3.8, 4) is 0 Å². The van der Waals surface area contributed by atoms with Gasteiger partial charge in [0.2, 0.25) is 0 Å². The van der Waals surface area contributed by atoms with Gasteiger partial charge in [-0.05, 0) is 42.0 Å². The van der Waals surface area contributed by atoms with Crippen molar-refractivity contribution in [3.63, 3.8) is 0 Å². The summed E-state index contributed by atoms with van der Waals surface area (Å²) in [5.41, 5.74) is 2.92. The lowest BCUT2D eigenvalue weighted by molar-refractivity contribution is 0.102. The van der Waals surface area contributed by atoms with E-state index in [9.17, 15) is 9.18 Å². The molecule has 0 atom stereocenters. The number of nitrogens with one attached hydrogen (secondary N) is 1. The van der Waals surface area contributed by atoms with Gasteiger partial charge in [-0.25, -0.2) is 4.39 Å². The maximum absolute atomic E-state index is 13.7. The van der Waals surface area contributed by atoms with Crippen LogP contribution in [0.1, 0.15) is 15.9 Å². The molecule has 0 aromatic heterocycles. The Morgan fingerprint density at radius 3 is 2.24 bits per heavy atom. The number of carbonyl (C=O) groups excluding carboxylic acids is 1. The molecule has 0 saturated heterocycles. The first-order valence-electron chi connectivity index (χ1n) is 8.04. The molecule has 126 valence electrons. The third kappa shape index (κ3) is 4.23.